The number of methoxy groups -OCH3 is 1. The van der Waals surface area contributed by atoms with Crippen LogP contribution in [0.2, 0.25) is 5.02 Å². The minimum atomic E-state index is -0.994. The average Bonchev–Trinajstić information content (AvgIpc) is 2.77. The molecule has 0 spiro atoms. The van der Waals surface area contributed by atoms with Crippen LogP contribution in [0, 0.1) is 0 Å². The zero-order valence-corrected chi connectivity index (χ0v) is 17.1. The lowest BCUT2D eigenvalue weighted by molar-refractivity contribution is 0.0600. The zero-order valence-electron chi connectivity index (χ0n) is 16.3. The van der Waals surface area contributed by atoms with Gasteiger partial charge in [-0.05, 0) is 36.4 Å². The van der Waals surface area contributed by atoms with Gasteiger partial charge in [0, 0.05) is 43.1 Å². The van der Waals surface area contributed by atoms with Crippen LogP contribution in [0.5, 0.6) is 0 Å². The Morgan fingerprint density at radius 2 is 1.70 bits per heavy atom. The molecule has 1 saturated heterocycles. The van der Waals surface area contributed by atoms with Crippen molar-refractivity contribution in [2.24, 2.45) is 0 Å². The van der Waals surface area contributed by atoms with Crippen molar-refractivity contribution in [3.8, 4) is 0 Å². The largest absolute Gasteiger partial charge is 0.465 e. The van der Waals surface area contributed by atoms with E-state index in [2.05, 4.69) is 9.72 Å². The number of halogens is 1. The Morgan fingerprint density at radius 1 is 1.07 bits per heavy atom. The van der Waals surface area contributed by atoms with E-state index in [4.69, 9.17) is 16.7 Å². The first-order chi connectivity index (χ1) is 14.4. The molecule has 0 bridgehead atoms. The Morgan fingerprint density at radius 3 is 2.23 bits per heavy atom. The number of hydrogen-bond acceptors (Lipinski definition) is 5. The molecule has 0 radical (unpaired) electrons. The number of esters is 1. The third kappa shape index (κ3) is 4.98. The summed E-state index contributed by atoms with van der Waals surface area (Å²) in [6.07, 6.45) is 0.406. The molecular formula is C20H21ClN4O5. The molecule has 0 unspecified atom stereocenters. The highest BCUT2D eigenvalue weighted by molar-refractivity contribution is 6.30. The number of rotatable bonds is 4. The van der Waals surface area contributed by atoms with Crippen molar-refractivity contribution in [1.82, 2.24) is 14.8 Å². The second-order valence-corrected chi connectivity index (χ2v) is 7.07. The van der Waals surface area contributed by atoms with E-state index in [1.807, 2.05) is 0 Å². The van der Waals surface area contributed by atoms with Crippen LogP contribution in [-0.4, -0.2) is 71.3 Å². The molecule has 1 fully saturated rings. The molecule has 0 saturated carbocycles. The summed E-state index contributed by atoms with van der Waals surface area (Å²) in [4.78, 5) is 44.7. The van der Waals surface area contributed by atoms with Gasteiger partial charge in [0.05, 0.1) is 24.9 Å². The fraction of sp³-hybridized carbons (Fsp3) is 0.300. The first-order valence-corrected chi connectivity index (χ1v) is 9.60. The number of nitrogens with zero attached hydrogens (tertiary/aromatic N) is 4. The second-order valence-electron chi connectivity index (χ2n) is 6.63. The maximum absolute atomic E-state index is 13.2. The maximum atomic E-state index is 13.2. The third-order valence-corrected chi connectivity index (χ3v) is 5.01. The normalized spacial score (nSPS) is 13.7. The van der Waals surface area contributed by atoms with Gasteiger partial charge in [0.15, 0.2) is 0 Å². The molecule has 30 heavy (non-hydrogen) atoms. The van der Waals surface area contributed by atoms with Crippen molar-refractivity contribution in [2.45, 2.75) is 6.54 Å². The van der Waals surface area contributed by atoms with Crippen LogP contribution in [0.25, 0.3) is 0 Å². The minimum absolute atomic E-state index is 0.168. The number of carbonyl (C=O) groups is 3. The highest BCUT2D eigenvalue weighted by Crippen LogP contribution is 2.22. The summed E-state index contributed by atoms with van der Waals surface area (Å²) in [5.41, 5.74) is 1.52. The second kappa shape index (κ2) is 9.45. The van der Waals surface area contributed by atoms with Crippen molar-refractivity contribution < 1.29 is 24.2 Å². The number of carboxylic acid groups (broad SMARTS) is 1. The van der Waals surface area contributed by atoms with Crippen LogP contribution in [0.1, 0.15) is 16.1 Å². The lowest BCUT2D eigenvalue weighted by Gasteiger charge is -2.36. The van der Waals surface area contributed by atoms with E-state index in [-0.39, 0.29) is 25.7 Å². The summed E-state index contributed by atoms with van der Waals surface area (Å²) in [7, 11) is 1.29. The molecular weight excluding hydrogens is 412 g/mol. The SMILES string of the molecule is COC(=O)c1ccc(CN(C(=O)N2CCN(C(=O)O)CC2)c2ccc(Cl)cc2)nc1. The zero-order chi connectivity index (χ0) is 21.7. The molecule has 0 aliphatic carbocycles. The molecule has 10 heteroatoms. The van der Waals surface area contributed by atoms with E-state index < -0.39 is 12.1 Å². The molecule has 158 valence electrons. The summed E-state index contributed by atoms with van der Waals surface area (Å²) in [5.74, 6) is -0.490. The Labute approximate surface area is 178 Å². The van der Waals surface area contributed by atoms with E-state index in [1.54, 1.807) is 46.2 Å². The van der Waals surface area contributed by atoms with Crippen molar-refractivity contribution in [2.75, 3.05) is 38.2 Å². The number of ether oxygens (including phenoxy) is 1. The topological polar surface area (TPSA) is 103 Å². The Balaban J connectivity index is 1.80. The number of benzene rings is 1. The summed E-state index contributed by atoms with van der Waals surface area (Å²) < 4.78 is 4.67. The van der Waals surface area contributed by atoms with Crippen LogP contribution in [0.3, 0.4) is 0 Å². The number of urea groups is 1. The fourth-order valence-electron chi connectivity index (χ4n) is 3.07. The number of amides is 3. The van der Waals surface area contributed by atoms with Crippen molar-refractivity contribution in [3.05, 3.63) is 58.9 Å². The van der Waals surface area contributed by atoms with Gasteiger partial charge in [0.1, 0.15) is 0 Å². The summed E-state index contributed by atoms with van der Waals surface area (Å²) in [6.45, 7) is 1.26. The van der Waals surface area contributed by atoms with Crippen LogP contribution in [-0.2, 0) is 11.3 Å². The molecule has 1 aromatic heterocycles. The predicted octanol–water partition coefficient (Wildman–Crippen LogP) is 2.94. The Hall–Kier alpha value is -3.33. The van der Waals surface area contributed by atoms with Gasteiger partial charge in [-0.2, -0.15) is 0 Å². The monoisotopic (exact) mass is 432 g/mol. The number of aromatic nitrogens is 1. The van der Waals surface area contributed by atoms with Crippen LogP contribution >= 0.6 is 11.6 Å². The van der Waals surface area contributed by atoms with Gasteiger partial charge in [-0.25, -0.2) is 14.4 Å². The number of piperazine rings is 1. The standard InChI is InChI=1S/C20H21ClN4O5/c1-30-18(26)14-2-5-16(22-12-14)13-25(17-6-3-15(21)4-7-17)19(27)23-8-10-24(11-9-23)20(28)29/h2-7,12H,8-11,13H2,1H3,(H,28,29). The lowest BCUT2D eigenvalue weighted by Crippen LogP contribution is -2.53. The first-order valence-electron chi connectivity index (χ1n) is 9.22. The van der Waals surface area contributed by atoms with Gasteiger partial charge in [0.25, 0.3) is 0 Å². The summed E-state index contributed by atoms with van der Waals surface area (Å²) in [6, 6.07) is 9.82. The summed E-state index contributed by atoms with van der Waals surface area (Å²) in [5, 5.41) is 9.65. The van der Waals surface area contributed by atoms with Gasteiger partial charge in [-0.1, -0.05) is 11.6 Å². The van der Waals surface area contributed by atoms with Gasteiger partial charge in [-0.3, -0.25) is 9.88 Å². The van der Waals surface area contributed by atoms with Gasteiger partial charge < -0.3 is 19.6 Å². The van der Waals surface area contributed by atoms with E-state index in [9.17, 15) is 14.4 Å². The summed E-state index contributed by atoms with van der Waals surface area (Å²) >= 11 is 5.98. The highest BCUT2D eigenvalue weighted by Gasteiger charge is 2.28. The van der Waals surface area contributed by atoms with E-state index in [1.165, 1.54) is 18.2 Å². The molecule has 2 aromatic rings. The van der Waals surface area contributed by atoms with E-state index in [0.717, 1.165) is 0 Å². The van der Waals surface area contributed by atoms with Crippen LogP contribution < -0.4 is 4.90 Å². The average molecular weight is 433 g/mol. The molecule has 0 atom stereocenters. The Bertz CT molecular complexity index is 912. The number of anilines is 1. The fourth-order valence-corrected chi connectivity index (χ4v) is 3.19. The number of pyridine rings is 1. The molecule has 3 amide bonds. The van der Waals surface area contributed by atoms with Crippen molar-refractivity contribution >= 4 is 35.4 Å². The quantitative estimate of drug-likeness (QED) is 0.745. The Kier molecular flexibility index (Phi) is 6.73. The van der Waals surface area contributed by atoms with Crippen LogP contribution in [0.15, 0.2) is 42.6 Å². The van der Waals surface area contributed by atoms with Crippen molar-refractivity contribution in [3.63, 3.8) is 0 Å². The lowest BCUT2D eigenvalue weighted by atomic mass is 10.2. The predicted molar refractivity (Wildman–Crippen MR) is 110 cm³/mol. The number of hydrogen-bond donors (Lipinski definition) is 1. The van der Waals surface area contributed by atoms with Gasteiger partial charge in [0.2, 0.25) is 0 Å². The molecule has 3 rings (SSSR count). The van der Waals surface area contributed by atoms with Gasteiger partial charge >= 0.3 is 18.1 Å². The van der Waals surface area contributed by atoms with Gasteiger partial charge in [-0.15, -0.1) is 0 Å². The number of carbonyl (C=O) groups excluding carboxylic acids is 2. The van der Waals surface area contributed by atoms with Crippen LogP contribution in [0.4, 0.5) is 15.3 Å². The minimum Gasteiger partial charge on any atom is -0.465 e. The highest BCUT2D eigenvalue weighted by atomic mass is 35.5. The molecule has 9 nitrogen and oxygen atoms in total. The van der Waals surface area contributed by atoms with E-state index in [0.29, 0.717) is 35.1 Å². The van der Waals surface area contributed by atoms with E-state index >= 15 is 0 Å². The first kappa shape index (κ1) is 21.4. The molecule has 2 heterocycles. The van der Waals surface area contributed by atoms with Crippen molar-refractivity contribution in [1.29, 1.82) is 0 Å². The maximum Gasteiger partial charge on any atom is 0.407 e. The molecule has 1 N–H and O–H groups in total. The third-order valence-electron chi connectivity index (χ3n) is 4.76. The molecule has 1 aliphatic heterocycles. The molecule has 1 aliphatic rings. The molecule has 1 aromatic carbocycles. The smallest absolute Gasteiger partial charge is 0.407 e.